The van der Waals surface area contributed by atoms with Gasteiger partial charge in [0.25, 0.3) is 0 Å². The molecule has 3 aromatic rings. The standard InChI is InChI=1S/C30H35F4N3/c1-2-37-29(19-27(35-37)17-21-9-11-25(12-10-21)30(32,33)34)22-13-15-36(16-14-22)20-24-6-4-8-28(24)23-5-3-7-26(31)18-23/h3,5,7,9-12,18-19,22,24,28H,2,4,6,8,13-17,20H2,1H3/t24?,28-/m1/s1. The maximum absolute atomic E-state index is 13.8. The molecule has 0 spiro atoms. The number of nitrogens with zero attached hydrogens (tertiary/aromatic N) is 3. The van der Waals surface area contributed by atoms with Crippen molar-refractivity contribution in [3.05, 3.63) is 88.5 Å². The first-order valence-corrected chi connectivity index (χ1v) is 13.5. The Kier molecular flexibility index (Phi) is 7.70. The molecule has 1 saturated heterocycles. The first kappa shape index (κ1) is 26.0. The molecule has 2 aromatic carbocycles. The van der Waals surface area contributed by atoms with E-state index in [9.17, 15) is 17.6 Å². The van der Waals surface area contributed by atoms with Gasteiger partial charge in [0, 0.05) is 31.1 Å². The number of piperidine rings is 1. The van der Waals surface area contributed by atoms with Gasteiger partial charge < -0.3 is 4.90 Å². The molecule has 0 bridgehead atoms. The third kappa shape index (κ3) is 6.08. The molecule has 2 atom stereocenters. The van der Waals surface area contributed by atoms with Crippen LogP contribution in [-0.4, -0.2) is 34.3 Å². The minimum atomic E-state index is -4.32. The number of likely N-dealkylation sites (tertiary alicyclic amines) is 1. The highest BCUT2D eigenvalue weighted by Crippen LogP contribution is 2.41. The number of hydrogen-bond donors (Lipinski definition) is 0. The van der Waals surface area contributed by atoms with Crippen molar-refractivity contribution < 1.29 is 17.6 Å². The molecule has 1 aliphatic carbocycles. The predicted octanol–water partition coefficient (Wildman–Crippen LogP) is 7.42. The Bertz CT molecular complexity index is 1180. The average Bonchev–Trinajstić information content (AvgIpc) is 3.51. The van der Waals surface area contributed by atoms with Gasteiger partial charge in [-0.1, -0.05) is 30.7 Å². The van der Waals surface area contributed by atoms with Crippen LogP contribution in [-0.2, 0) is 19.1 Å². The van der Waals surface area contributed by atoms with Crippen LogP contribution in [0.25, 0.3) is 0 Å². The molecule has 1 aliphatic heterocycles. The first-order valence-electron chi connectivity index (χ1n) is 13.5. The van der Waals surface area contributed by atoms with Crippen LogP contribution in [0.15, 0.2) is 54.6 Å². The quantitative estimate of drug-likeness (QED) is 0.307. The van der Waals surface area contributed by atoms with Crippen molar-refractivity contribution >= 4 is 0 Å². The van der Waals surface area contributed by atoms with E-state index in [1.165, 1.54) is 24.6 Å². The summed E-state index contributed by atoms with van der Waals surface area (Å²) < 4.78 is 54.5. The molecule has 7 heteroatoms. The molecule has 3 nitrogen and oxygen atoms in total. The summed E-state index contributed by atoms with van der Waals surface area (Å²) in [6.45, 7) is 6.01. The van der Waals surface area contributed by atoms with Gasteiger partial charge in [-0.2, -0.15) is 18.3 Å². The van der Waals surface area contributed by atoms with Gasteiger partial charge in [-0.15, -0.1) is 0 Å². The van der Waals surface area contributed by atoms with Crippen molar-refractivity contribution in [1.82, 2.24) is 14.7 Å². The SMILES string of the molecule is CCn1nc(Cc2ccc(C(F)(F)F)cc2)cc1C1CCN(CC2CCC[C@@H]2c2cccc(F)c2)CC1. The average molecular weight is 514 g/mol. The van der Waals surface area contributed by atoms with E-state index >= 15 is 0 Å². The Morgan fingerprint density at radius 2 is 1.70 bits per heavy atom. The van der Waals surface area contributed by atoms with E-state index in [1.54, 1.807) is 18.2 Å². The Balaban J connectivity index is 1.19. The first-order chi connectivity index (χ1) is 17.8. The third-order valence-corrected chi connectivity index (χ3v) is 8.26. The van der Waals surface area contributed by atoms with Crippen molar-refractivity contribution in [3.8, 4) is 0 Å². The van der Waals surface area contributed by atoms with Gasteiger partial charge in [-0.3, -0.25) is 4.68 Å². The lowest BCUT2D eigenvalue weighted by Gasteiger charge is -2.35. The zero-order chi connectivity index (χ0) is 26.0. The molecule has 2 heterocycles. The van der Waals surface area contributed by atoms with Crippen LogP contribution >= 0.6 is 0 Å². The fourth-order valence-corrected chi connectivity index (χ4v) is 6.35. The summed E-state index contributed by atoms with van der Waals surface area (Å²) in [5.74, 6) is 1.32. The normalized spacial score (nSPS) is 21.5. The highest BCUT2D eigenvalue weighted by molar-refractivity contribution is 5.29. The van der Waals surface area contributed by atoms with Crippen LogP contribution in [0.1, 0.15) is 78.9 Å². The number of hydrogen-bond acceptors (Lipinski definition) is 2. The minimum Gasteiger partial charge on any atom is -0.303 e. The third-order valence-electron chi connectivity index (χ3n) is 8.26. The topological polar surface area (TPSA) is 21.1 Å². The molecule has 37 heavy (non-hydrogen) atoms. The second-order valence-electron chi connectivity index (χ2n) is 10.7. The largest absolute Gasteiger partial charge is 0.416 e. The Morgan fingerprint density at radius 3 is 2.38 bits per heavy atom. The number of aryl methyl sites for hydroxylation is 1. The maximum atomic E-state index is 13.8. The molecule has 0 N–H and O–H groups in total. The molecular weight excluding hydrogens is 478 g/mol. The van der Waals surface area contributed by atoms with Gasteiger partial charge in [0.2, 0.25) is 0 Å². The molecule has 5 rings (SSSR count). The second kappa shape index (κ2) is 11.0. The Morgan fingerprint density at radius 1 is 0.946 bits per heavy atom. The van der Waals surface area contributed by atoms with Crippen LogP contribution in [0.2, 0.25) is 0 Å². The molecule has 198 valence electrons. The van der Waals surface area contributed by atoms with Crippen molar-refractivity contribution in [3.63, 3.8) is 0 Å². The summed E-state index contributed by atoms with van der Waals surface area (Å²) in [6.07, 6.45) is 1.91. The highest BCUT2D eigenvalue weighted by atomic mass is 19.4. The van der Waals surface area contributed by atoms with Gasteiger partial charge in [-0.05, 0) is 99.0 Å². The van der Waals surface area contributed by atoms with E-state index in [-0.39, 0.29) is 5.82 Å². The summed E-state index contributed by atoms with van der Waals surface area (Å²) in [5, 5.41) is 4.77. The Labute approximate surface area is 216 Å². The number of halogens is 4. The predicted molar refractivity (Wildman–Crippen MR) is 137 cm³/mol. The summed E-state index contributed by atoms with van der Waals surface area (Å²) in [7, 11) is 0. The fourth-order valence-electron chi connectivity index (χ4n) is 6.35. The number of benzene rings is 2. The summed E-state index contributed by atoms with van der Waals surface area (Å²) in [5.41, 5.74) is 3.50. The summed E-state index contributed by atoms with van der Waals surface area (Å²) in [4.78, 5) is 2.58. The van der Waals surface area contributed by atoms with E-state index < -0.39 is 11.7 Å². The smallest absolute Gasteiger partial charge is 0.303 e. The highest BCUT2D eigenvalue weighted by Gasteiger charge is 2.32. The lowest BCUT2D eigenvalue weighted by Crippen LogP contribution is -2.37. The van der Waals surface area contributed by atoms with E-state index in [0.717, 1.165) is 74.4 Å². The summed E-state index contributed by atoms with van der Waals surface area (Å²) >= 11 is 0. The van der Waals surface area contributed by atoms with Crippen molar-refractivity contribution in [2.45, 2.75) is 70.0 Å². The number of rotatable bonds is 7. The molecule has 1 unspecified atom stereocenters. The lowest BCUT2D eigenvalue weighted by atomic mass is 9.87. The second-order valence-corrected chi connectivity index (χ2v) is 10.7. The molecule has 2 fully saturated rings. The van der Waals surface area contributed by atoms with Gasteiger partial charge in [0.1, 0.15) is 5.82 Å². The molecule has 1 aromatic heterocycles. The molecule has 0 amide bonds. The molecular formula is C30H35F4N3. The van der Waals surface area contributed by atoms with E-state index in [0.29, 0.717) is 24.2 Å². The maximum Gasteiger partial charge on any atom is 0.416 e. The van der Waals surface area contributed by atoms with Crippen LogP contribution < -0.4 is 0 Å². The van der Waals surface area contributed by atoms with E-state index in [1.807, 2.05) is 6.07 Å². The van der Waals surface area contributed by atoms with Crippen molar-refractivity contribution in [1.29, 1.82) is 0 Å². The zero-order valence-corrected chi connectivity index (χ0v) is 21.4. The van der Waals surface area contributed by atoms with E-state index in [4.69, 9.17) is 5.10 Å². The minimum absolute atomic E-state index is 0.144. The van der Waals surface area contributed by atoms with Crippen molar-refractivity contribution in [2.75, 3.05) is 19.6 Å². The summed E-state index contributed by atoms with van der Waals surface area (Å²) in [6, 6.07) is 14.7. The monoisotopic (exact) mass is 513 g/mol. The van der Waals surface area contributed by atoms with Crippen LogP contribution in [0.5, 0.6) is 0 Å². The van der Waals surface area contributed by atoms with E-state index in [2.05, 4.69) is 28.6 Å². The van der Waals surface area contributed by atoms with Gasteiger partial charge in [0.15, 0.2) is 0 Å². The van der Waals surface area contributed by atoms with Crippen LogP contribution in [0.4, 0.5) is 17.6 Å². The Hall–Kier alpha value is -2.67. The van der Waals surface area contributed by atoms with Crippen LogP contribution in [0.3, 0.4) is 0 Å². The van der Waals surface area contributed by atoms with Gasteiger partial charge >= 0.3 is 6.18 Å². The fraction of sp³-hybridized carbons (Fsp3) is 0.500. The van der Waals surface area contributed by atoms with Crippen LogP contribution in [0, 0.1) is 11.7 Å². The lowest BCUT2D eigenvalue weighted by molar-refractivity contribution is -0.137. The molecule has 0 radical (unpaired) electrons. The molecule has 2 aliphatic rings. The zero-order valence-electron chi connectivity index (χ0n) is 21.4. The molecule has 1 saturated carbocycles. The number of aromatic nitrogens is 2. The van der Waals surface area contributed by atoms with Gasteiger partial charge in [0.05, 0.1) is 11.3 Å². The number of alkyl halides is 3. The van der Waals surface area contributed by atoms with Gasteiger partial charge in [-0.25, -0.2) is 4.39 Å². The van der Waals surface area contributed by atoms with Crippen molar-refractivity contribution in [2.24, 2.45) is 5.92 Å².